The molecule has 0 unspecified atom stereocenters. The highest BCUT2D eigenvalue weighted by atomic mass is 16.5. The molecule has 0 atom stereocenters. The Morgan fingerprint density at radius 3 is 2.30 bits per heavy atom. The highest BCUT2D eigenvalue weighted by Crippen LogP contribution is 2.52. The van der Waals surface area contributed by atoms with E-state index in [4.69, 9.17) is 9.72 Å². The third kappa shape index (κ3) is 3.96. The Kier molecular flexibility index (Phi) is 5.18. The van der Waals surface area contributed by atoms with Gasteiger partial charge in [0.25, 0.3) is 6.33 Å². The van der Waals surface area contributed by atoms with Crippen LogP contribution in [0.4, 0.5) is 0 Å². The van der Waals surface area contributed by atoms with Gasteiger partial charge in [0.1, 0.15) is 11.1 Å². The summed E-state index contributed by atoms with van der Waals surface area (Å²) in [5, 5.41) is 6.05. The summed E-state index contributed by atoms with van der Waals surface area (Å²) in [6, 6.07) is 17.8. The molecule has 0 bridgehead atoms. The molecule has 0 spiro atoms. The molecule has 0 saturated heterocycles. The van der Waals surface area contributed by atoms with Gasteiger partial charge >= 0.3 is 0 Å². The monoisotopic (exact) mass is 489 g/mol. The summed E-state index contributed by atoms with van der Waals surface area (Å²) in [5.41, 5.74) is 7.71. The highest BCUT2D eigenvalue weighted by Gasteiger charge is 2.34. The predicted molar refractivity (Wildman–Crippen MR) is 154 cm³/mol. The van der Waals surface area contributed by atoms with Gasteiger partial charge in [-0.05, 0) is 68.9 Å². The number of benzene rings is 4. The van der Waals surface area contributed by atoms with Crippen LogP contribution in [0, 0.1) is 17.8 Å². The first-order chi connectivity index (χ1) is 17.4. The molecule has 0 N–H and O–H groups in total. The first kappa shape index (κ1) is 23.9. The van der Waals surface area contributed by atoms with Crippen molar-refractivity contribution in [1.29, 1.82) is 0 Å². The molecule has 0 fully saturated rings. The molecule has 6 rings (SSSR count). The van der Waals surface area contributed by atoms with Crippen molar-refractivity contribution >= 4 is 32.4 Å². The first-order valence-corrected chi connectivity index (χ1v) is 13.4. The van der Waals surface area contributed by atoms with Crippen molar-refractivity contribution in [2.45, 2.75) is 61.3 Å². The van der Waals surface area contributed by atoms with Crippen LogP contribution in [0.5, 0.6) is 11.5 Å². The minimum absolute atomic E-state index is 0.121. The summed E-state index contributed by atoms with van der Waals surface area (Å²) in [6.45, 7) is 16.1. The van der Waals surface area contributed by atoms with E-state index in [-0.39, 0.29) is 10.8 Å². The van der Waals surface area contributed by atoms with E-state index in [1.54, 1.807) is 0 Å². The summed E-state index contributed by atoms with van der Waals surface area (Å²) < 4.78 is 9.06. The molecule has 2 heterocycles. The zero-order valence-electron chi connectivity index (χ0n) is 23.4. The van der Waals surface area contributed by atoms with E-state index in [2.05, 4.69) is 109 Å². The molecule has 1 aliphatic rings. The highest BCUT2D eigenvalue weighted by molar-refractivity contribution is 6.14. The second-order valence-corrected chi connectivity index (χ2v) is 13.3. The van der Waals surface area contributed by atoms with Crippen molar-refractivity contribution in [3.05, 3.63) is 71.5 Å². The van der Waals surface area contributed by atoms with E-state index in [9.17, 15) is 0 Å². The molecular weight excluding hydrogens is 452 g/mol. The summed E-state index contributed by atoms with van der Waals surface area (Å²) in [5.74, 6) is 1.86. The average molecular weight is 490 g/mol. The second-order valence-electron chi connectivity index (χ2n) is 13.3. The third-order valence-electron chi connectivity index (χ3n) is 7.52. The Hall–Kier alpha value is -3.46. The van der Waals surface area contributed by atoms with Crippen molar-refractivity contribution in [2.75, 3.05) is 0 Å². The number of ether oxygens (including phenoxy) is 1. The molecule has 0 radical (unpaired) electrons. The van der Waals surface area contributed by atoms with Gasteiger partial charge in [-0.25, -0.2) is 4.57 Å². The fourth-order valence-electron chi connectivity index (χ4n) is 6.12. The molecule has 37 heavy (non-hydrogen) atoms. The Morgan fingerprint density at radius 2 is 1.57 bits per heavy atom. The number of fused-ring (bicyclic) bond motifs is 5. The SMILES string of the molecule is Cc1c2c(cc3ccccc13)Oc1c3ccc(CC(C)(C)C)cc3c(CC(C)(C)C)c3nc[n+](C)c-2c13. The molecule has 188 valence electrons. The van der Waals surface area contributed by atoms with Crippen molar-refractivity contribution in [3.63, 3.8) is 0 Å². The van der Waals surface area contributed by atoms with E-state index in [1.807, 2.05) is 6.33 Å². The van der Waals surface area contributed by atoms with Crippen molar-refractivity contribution < 1.29 is 9.30 Å². The molecular formula is C34H37N2O+. The molecule has 3 heteroatoms. The lowest BCUT2D eigenvalue weighted by Crippen LogP contribution is -2.33. The van der Waals surface area contributed by atoms with Crippen molar-refractivity contribution in [1.82, 2.24) is 4.98 Å². The Morgan fingerprint density at radius 1 is 0.838 bits per heavy atom. The molecule has 0 saturated carbocycles. The number of aryl methyl sites for hydroxylation is 2. The van der Waals surface area contributed by atoms with Crippen LogP contribution in [0.1, 0.15) is 58.2 Å². The maximum Gasteiger partial charge on any atom is 0.287 e. The van der Waals surface area contributed by atoms with Gasteiger partial charge in [-0.15, -0.1) is 0 Å². The summed E-state index contributed by atoms with van der Waals surface area (Å²) in [6.07, 6.45) is 3.97. The Labute approximate surface area is 220 Å². The lowest BCUT2D eigenvalue weighted by Gasteiger charge is -2.26. The number of hydrogen-bond donors (Lipinski definition) is 0. The zero-order chi connectivity index (χ0) is 26.3. The van der Waals surface area contributed by atoms with Crippen molar-refractivity contribution in [2.24, 2.45) is 17.9 Å². The van der Waals surface area contributed by atoms with Crippen LogP contribution in [0.15, 0.2) is 54.9 Å². The van der Waals surface area contributed by atoms with Gasteiger partial charge in [0.05, 0.1) is 12.6 Å². The predicted octanol–water partition coefficient (Wildman–Crippen LogP) is 8.62. The van der Waals surface area contributed by atoms with E-state index in [1.165, 1.54) is 49.5 Å². The molecule has 0 amide bonds. The standard InChI is InChI=1S/C34H37N2O/c1-20-23-12-10-9-11-22(23)16-27-28(20)31-29-30(35-19-36(31)8)26(18-34(5,6)7)25-15-21(17-33(2,3)4)13-14-24(25)32(29)37-27/h9-16,19H,17-18H2,1-8H3/q+1. The average Bonchev–Trinajstić information content (AvgIpc) is 2.80. The Balaban J connectivity index is 1.76. The molecule has 0 aliphatic carbocycles. The fraction of sp³-hybridized carbons (Fsp3) is 0.353. The molecule has 5 aromatic rings. The minimum Gasteiger partial charge on any atom is -0.455 e. The second kappa shape index (κ2) is 8.02. The van der Waals surface area contributed by atoms with Crippen LogP contribution >= 0.6 is 0 Å². The smallest absolute Gasteiger partial charge is 0.287 e. The summed E-state index contributed by atoms with van der Waals surface area (Å²) >= 11 is 0. The van der Waals surface area contributed by atoms with Gasteiger partial charge < -0.3 is 4.74 Å². The third-order valence-corrected chi connectivity index (χ3v) is 7.52. The quantitative estimate of drug-likeness (QED) is 0.180. The summed E-state index contributed by atoms with van der Waals surface area (Å²) in [4.78, 5) is 5.07. The van der Waals surface area contributed by atoms with Crippen LogP contribution in [0.3, 0.4) is 0 Å². The zero-order valence-corrected chi connectivity index (χ0v) is 23.4. The minimum atomic E-state index is 0.121. The number of rotatable bonds is 2. The molecule has 1 aliphatic heterocycles. The van der Waals surface area contributed by atoms with Crippen LogP contribution in [-0.4, -0.2) is 4.98 Å². The van der Waals surface area contributed by atoms with Gasteiger partial charge in [0.15, 0.2) is 17.0 Å². The van der Waals surface area contributed by atoms with E-state index in [0.29, 0.717) is 0 Å². The van der Waals surface area contributed by atoms with Gasteiger partial charge in [0.2, 0.25) is 0 Å². The van der Waals surface area contributed by atoms with Gasteiger partial charge in [-0.2, -0.15) is 0 Å². The van der Waals surface area contributed by atoms with Crippen molar-refractivity contribution in [3.8, 4) is 22.8 Å². The lowest BCUT2D eigenvalue weighted by atomic mass is 9.82. The van der Waals surface area contributed by atoms with Gasteiger partial charge in [0, 0.05) is 10.9 Å². The molecule has 3 nitrogen and oxygen atoms in total. The fourth-order valence-corrected chi connectivity index (χ4v) is 6.12. The van der Waals surface area contributed by atoms with Crippen LogP contribution in [0.2, 0.25) is 0 Å². The maximum absolute atomic E-state index is 6.88. The molecule has 1 aromatic heterocycles. The number of aromatic nitrogens is 2. The largest absolute Gasteiger partial charge is 0.455 e. The van der Waals surface area contributed by atoms with Crippen LogP contribution in [-0.2, 0) is 19.9 Å². The maximum atomic E-state index is 6.88. The number of hydrogen-bond acceptors (Lipinski definition) is 2. The molecule has 4 aromatic carbocycles. The summed E-state index contributed by atoms with van der Waals surface area (Å²) in [7, 11) is 2.11. The van der Waals surface area contributed by atoms with Crippen LogP contribution < -0.4 is 9.30 Å². The number of nitrogens with zero attached hydrogens (tertiary/aromatic N) is 2. The van der Waals surface area contributed by atoms with E-state index in [0.717, 1.165) is 35.2 Å². The normalized spacial score (nSPS) is 13.3. The Bertz CT molecular complexity index is 1730. The first-order valence-electron chi connectivity index (χ1n) is 13.4. The van der Waals surface area contributed by atoms with E-state index < -0.39 is 0 Å². The van der Waals surface area contributed by atoms with Crippen LogP contribution in [0.25, 0.3) is 43.7 Å². The topological polar surface area (TPSA) is 26.0 Å². The lowest BCUT2D eigenvalue weighted by molar-refractivity contribution is -0.662. The van der Waals surface area contributed by atoms with Gasteiger partial charge in [-0.1, -0.05) is 84.0 Å². The van der Waals surface area contributed by atoms with E-state index >= 15 is 0 Å². The van der Waals surface area contributed by atoms with Gasteiger partial charge in [-0.3, -0.25) is 0 Å².